The zero-order chi connectivity index (χ0) is 13.5. The Morgan fingerprint density at radius 3 is 2.85 bits per heavy atom. The molecular weight excluding hydrogens is 282 g/mol. The SMILES string of the molecule is CNC(c1ccc(-c2ccc3sccc3c2)s1)C1CC1. The summed E-state index contributed by atoms with van der Waals surface area (Å²) in [5, 5.41) is 7.00. The molecule has 1 aliphatic rings. The van der Waals surface area contributed by atoms with E-state index in [2.05, 4.69) is 54.1 Å². The average Bonchev–Trinajstić information content (AvgIpc) is 3.01. The number of fused-ring (bicyclic) bond motifs is 1. The van der Waals surface area contributed by atoms with Crippen LogP contribution in [-0.4, -0.2) is 7.05 Å². The summed E-state index contributed by atoms with van der Waals surface area (Å²) in [7, 11) is 2.08. The maximum Gasteiger partial charge on any atom is 0.0441 e. The van der Waals surface area contributed by atoms with E-state index < -0.39 is 0 Å². The second-order valence-electron chi connectivity index (χ2n) is 5.48. The Morgan fingerprint density at radius 2 is 2.05 bits per heavy atom. The molecule has 0 radical (unpaired) electrons. The van der Waals surface area contributed by atoms with Crippen LogP contribution in [0.2, 0.25) is 0 Å². The van der Waals surface area contributed by atoms with Crippen LogP contribution in [0.25, 0.3) is 20.5 Å². The van der Waals surface area contributed by atoms with Gasteiger partial charge in [0.2, 0.25) is 0 Å². The van der Waals surface area contributed by atoms with Crippen molar-refractivity contribution in [3.63, 3.8) is 0 Å². The highest BCUT2D eigenvalue weighted by Crippen LogP contribution is 2.44. The fraction of sp³-hybridized carbons (Fsp3) is 0.294. The Balaban J connectivity index is 1.69. The van der Waals surface area contributed by atoms with Crippen LogP contribution in [0.4, 0.5) is 0 Å². The molecule has 1 aromatic carbocycles. The van der Waals surface area contributed by atoms with Crippen molar-refractivity contribution in [3.8, 4) is 10.4 Å². The number of benzene rings is 1. The van der Waals surface area contributed by atoms with Crippen LogP contribution in [0.3, 0.4) is 0 Å². The highest BCUT2D eigenvalue weighted by Gasteiger charge is 2.32. The zero-order valence-electron chi connectivity index (χ0n) is 11.4. The van der Waals surface area contributed by atoms with Crippen LogP contribution in [0, 0.1) is 5.92 Å². The third-order valence-electron chi connectivity index (χ3n) is 4.07. The second kappa shape index (κ2) is 4.99. The number of nitrogens with one attached hydrogen (secondary N) is 1. The topological polar surface area (TPSA) is 12.0 Å². The van der Waals surface area contributed by atoms with Gasteiger partial charge in [0.05, 0.1) is 0 Å². The molecular formula is C17H17NS2. The predicted octanol–water partition coefficient (Wildman–Crippen LogP) is 5.30. The van der Waals surface area contributed by atoms with Crippen LogP contribution < -0.4 is 5.32 Å². The van der Waals surface area contributed by atoms with E-state index in [0.29, 0.717) is 6.04 Å². The van der Waals surface area contributed by atoms with Gasteiger partial charge in [-0.05, 0) is 72.5 Å². The summed E-state index contributed by atoms with van der Waals surface area (Å²) in [5.74, 6) is 0.853. The minimum Gasteiger partial charge on any atom is -0.312 e. The van der Waals surface area contributed by atoms with Crippen LogP contribution >= 0.6 is 22.7 Å². The molecule has 0 amide bonds. The van der Waals surface area contributed by atoms with Crippen molar-refractivity contribution >= 4 is 32.8 Å². The fourth-order valence-electron chi connectivity index (χ4n) is 2.83. The van der Waals surface area contributed by atoms with Crippen molar-refractivity contribution in [2.24, 2.45) is 5.92 Å². The van der Waals surface area contributed by atoms with Gasteiger partial charge in [-0.15, -0.1) is 22.7 Å². The minimum absolute atomic E-state index is 0.554. The Hall–Kier alpha value is -1.16. The van der Waals surface area contributed by atoms with E-state index in [1.165, 1.54) is 38.2 Å². The van der Waals surface area contributed by atoms with Gasteiger partial charge in [-0.1, -0.05) is 6.07 Å². The lowest BCUT2D eigenvalue weighted by Crippen LogP contribution is -2.16. The van der Waals surface area contributed by atoms with Crippen LogP contribution in [0.1, 0.15) is 23.8 Å². The summed E-state index contributed by atoms with van der Waals surface area (Å²) in [4.78, 5) is 2.87. The molecule has 3 aromatic rings. The van der Waals surface area contributed by atoms with E-state index in [1.54, 1.807) is 0 Å². The zero-order valence-corrected chi connectivity index (χ0v) is 13.1. The van der Waals surface area contributed by atoms with Gasteiger partial charge in [0.25, 0.3) is 0 Å². The summed E-state index contributed by atoms with van der Waals surface area (Å²) < 4.78 is 1.37. The van der Waals surface area contributed by atoms with Crippen LogP contribution in [0.15, 0.2) is 41.8 Å². The Morgan fingerprint density at radius 1 is 1.15 bits per heavy atom. The molecule has 0 aliphatic heterocycles. The van der Waals surface area contributed by atoms with Crippen LogP contribution in [0.5, 0.6) is 0 Å². The third-order valence-corrected chi connectivity index (χ3v) is 6.19. The molecule has 1 nitrogen and oxygen atoms in total. The highest BCUT2D eigenvalue weighted by molar-refractivity contribution is 7.17. The maximum atomic E-state index is 3.48. The molecule has 4 rings (SSSR count). The highest BCUT2D eigenvalue weighted by atomic mass is 32.1. The van der Waals surface area contributed by atoms with E-state index in [1.807, 2.05) is 22.7 Å². The molecule has 20 heavy (non-hydrogen) atoms. The lowest BCUT2D eigenvalue weighted by atomic mass is 10.1. The van der Waals surface area contributed by atoms with E-state index in [0.717, 1.165) is 5.92 Å². The van der Waals surface area contributed by atoms with Gasteiger partial charge >= 0.3 is 0 Å². The smallest absolute Gasteiger partial charge is 0.0441 e. The number of hydrogen-bond donors (Lipinski definition) is 1. The maximum absolute atomic E-state index is 3.48. The first-order chi connectivity index (χ1) is 9.85. The number of hydrogen-bond acceptors (Lipinski definition) is 3. The molecule has 0 spiro atoms. The first-order valence-electron chi connectivity index (χ1n) is 7.10. The van der Waals surface area contributed by atoms with Gasteiger partial charge in [0.1, 0.15) is 0 Å². The van der Waals surface area contributed by atoms with Crippen molar-refractivity contribution in [1.82, 2.24) is 5.32 Å². The summed E-state index contributed by atoms with van der Waals surface area (Å²) in [6.07, 6.45) is 2.75. The quantitative estimate of drug-likeness (QED) is 0.689. The van der Waals surface area contributed by atoms with E-state index in [4.69, 9.17) is 0 Å². The number of rotatable bonds is 4. The fourth-order valence-corrected chi connectivity index (χ4v) is 4.81. The van der Waals surface area contributed by atoms with E-state index in [9.17, 15) is 0 Å². The molecule has 1 saturated carbocycles. The molecule has 1 aliphatic carbocycles. The Labute approximate surface area is 127 Å². The standard InChI is InChI=1S/C17H17NS2/c1-18-17(11-2-3-11)16-7-6-15(20-16)12-4-5-14-13(10-12)8-9-19-14/h4-11,17-18H,2-3H2,1H3. The molecule has 3 heteroatoms. The molecule has 2 heterocycles. The molecule has 2 aromatic heterocycles. The van der Waals surface area contributed by atoms with Gasteiger partial charge in [-0.25, -0.2) is 0 Å². The van der Waals surface area contributed by atoms with Crippen molar-refractivity contribution in [1.29, 1.82) is 0 Å². The molecule has 1 atom stereocenters. The monoisotopic (exact) mass is 299 g/mol. The second-order valence-corrected chi connectivity index (χ2v) is 7.54. The first kappa shape index (κ1) is 12.6. The molecule has 0 bridgehead atoms. The van der Waals surface area contributed by atoms with Gasteiger partial charge in [-0.3, -0.25) is 0 Å². The lowest BCUT2D eigenvalue weighted by molar-refractivity contribution is 0.537. The summed E-state index contributed by atoms with van der Waals surface area (Å²) in [6.45, 7) is 0. The molecule has 102 valence electrons. The molecule has 1 N–H and O–H groups in total. The van der Waals surface area contributed by atoms with Crippen molar-refractivity contribution in [3.05, 3.63) is 46.7 Å². The van der Waals surface area contributed by atoms with E-state index >= 15 is 0 Å². The molecule has 1 unspecified atom stereocenters. The largest absolute Gasteiger partial charge is 0.312 e. The molecule has 1 fully saturated rings. The molecule has 0 saturated heterocycles. The van der Waals surface area contributed by atoms with Gasteiger partial charge < -0.3 is 5.32 Å². The van der Waals surface area contributed by atoms with Crippen molar-refractivity contribution in [2.45, 2.75) is 18.9 Å². The predicted molar refractivity (Wildman–Crippen MR) is 89.7 cm³/mol. The summed E-state index contributed by atoms with van der Waals surface area (Å²) in [6, 6.07) is 14.1. The normalized spacial score (nSPS) is 16.6. The average molecular weight is 299 g/mol. The van der Waals surface area contributed by atoms with Crippen LogP contribution in [-0.2, 0) is 0 Å². The van der Waals surface area contributed by atoms with Gasteiger partial charge in [-0.2, -0.15) is 0 Å². The third kappa shape index (κ3) is 2.20. The Bertz CT molecular complexity index is 736. The summed E-state index contributed by atoms with van der Waals surface area (Å²) in [5.41, 5.74) is 1.35. The number of thiophene rings is 2. The first-order valence-corrected chi connectivity index (χ1v) is 8.79. The minimum atomic E-state index is 0.554. The Kier molecular flexibility index (Phi) is 3.14. The van der Waals surface area contributed by atoms with Crippen molar-refractivity contribution < 1.29 is 0 Å². The van der Waals surface area contributed by atoms with E-state index in [-0.39, 0.29) is 0 Å². The van der Waals surface area contributed by atoms with Gasteiger partial charge in [0.15, 0.2) is 0 Å². The van der Waals surface area contributed by atoms with Gasteiger partial charge in [0, 0.05) is 20.5 Å². The summed E-state index contributed by atoms with van der Waals surface area (Å²) >= 11 is 3.75. The van der Waals surface area contributed by atoms with Crippen molar-refractivity contribution in [2.75, 3.05) is 7.05 Å². The lowest BCUT2D eigenvalue weighted by Gasteiger charge is -2.12.